The van der Waals surface area contributed by atoms with Crippen molar-refractivity contribution in [3.63, 3.8) is 0 Å². The van der Waals surface area contributed by atoms with Gasteiger partial charge in [-0.05, 0) is 12.8 Å². The number of aromatic nitrogens is 3. The molecule has 1 atom stereocenters. The number of aryl methyl sites for hydroxylation is 1. The summed E-state index contributed by atoms with van der Waals surface area (Å²) in [6, 6.07) is 0.418. The molecule has 0 amide bonds. The van der Waals surface area contributed by atoms with E-state index in [9.17, 15) is 0 Å². The molecule has 1 unspecified atom stereocenters. The number of rotatable bonds is 4. The molecular weight excluding hydrogens is 188 g/mol. The highest BCUT2D eigenvalue weighted by Crippen LogP contribution is 2.21. The molecule has 1 aromatic heterocycles. The monoisotopic (exact) mass is 208 g/mol. The highest BCUT2D eigenvalue weighted by molar-refractivity contribution is 5.04. The highest BCUT2D eigenvalue weighted by Gasteiger charge is 2.23. The Hall–Kier alpha value is -0.900. The van der Waals surface area contributed by atoms with Crippen LogP contribution in [0.2, 0.25) is 0 Å². The standard InChI is InChI=1S/C11H20N4/c1-3-5-9-11-14-13-10(6-4-2)15(11)8-7-12-9/h9,12H,3-8H2,1-2H3. The summed E-state index contributed by atoms with van der Waals surface area (Å²) in [5, 5.41) is 12.1. The predicted octanol–water partition coefficient (Wildman–Crippen LogP) is 1.67. The van der Waals surface area contributed by atoms with Gasteiger partial charge in [-0.1, -0.05) is 20.3 Å². The zero-order valence-corrected chi connectivity index (χ0v) is 9.66. The fourth-order valence-corrected chi connectivity index (χ4v) is 2.22. The van der Waals surface area contributed by atoms with E-state index >= 15 is 0 Å². The minimum Gasteiger partial charge on any atom is -0.312 e. The summed E-state index contributed by atoms with van der Waals surface area (Å²) in [5.74, 6) is 2.31. The van der Waals surface area contributed by atoms with Gasteiger partial charge in [-0.2, -0.15) is 0 Å². The van der Waals surface area contributed by atoms with Gasteiger partial charge in [0.1, 0.15) is 11.6 Å². The molecule has 0 saturated heterocycles. The second-order valence-corrected chi connectivity index (χ2v) is 4.17. The molecule has 2 heterocycles. The Labute approximate surface area is 91.1 Å². The third-order valence-corrected chi connectivity index (χ3v) is 2.94. The largest absolute Gasteiger partial charge is 0.312 e. The summed E-state index contributed by atoms with van der Waals surface area (Å²) in [7, 11) is 0. The van der Waals surface area contributed by atoms with Crippen LogP contribution in [-0.4, -0.2) is 21.3 Å². The van der Waals surface area contributed by atoms with Gasteiger partial charge in [0.05, 0.1) is 6.04 Å². The fourth-order valence-electron chi connectivity index (χ4n) is 2.22. The van der Waals surface area contributed by atoms with Gasteiger partial charge >= 0.3 is 0 Å². The summed E-state index contributed by atoms with van der Waals surface area (Å²) in [6.07, 6.45) is 4.54. The SMILES string of the molecule is CCCc1nnc2n1CCNC2CCC. The Morgan fingerprint density at radius 1 is 1.33 bits per heavy atom. The van der Waals surface area contributed by atoms with E-state index in [0.717, 1.165) is 44.0 Å². The third kappa shape index (κ3) is 2.04. The van der Waals surface area contributed by atoms with Crippen molar-refractivity contribution in [2.24, 2.45) is 0 Å². The van der Waals surface area contributed by atoms with Crippen molar-refractivity contribution in [3.05, 3.63) is 11.6 Å². The van der Waals surface area contributed by atoms with Crippen molar-refractivity contribution in [1.82, 2.24) is 20.1 Å². The quantitative estimate of drug-likeness (QED) is 0.818. The molecule has 0 saturated carbocycles. The van der Waals surface area contributed by atoms with Crippen molar-refractivity contribution in [1.29, 1.82) is 0 Å². The topological polar surface area (TPSA) is 42.7 Å². The molecule has 1 aromatic rings. The first-order valence-corrected chi connectivity index (χ1v) is 6.02. The molecular formula is C11H20N4. The molecule has 0 aromatic carbocycles. The van der Waals surface area contributed by atoms with Crippen LogP contribution in [0.25, 0.3) is 0 Å². The van der Waals surface area contributed by atoms with Crippen molar-refractivity contribution < 1.29 is 0 Å². The zero-order valence-electron chi connectivity index (χ0n) is 9.66. The third-order valence-electron chi connectivity index (χ3n) is 2.94. The second-order valence-electron chi connectivity index (χ2n) is 4.17. The molecule has 1 aliphatic rings. The Kier molecular flexibility index (Phi) is 3.36. The van der Waals surface area contributed by atoms with Gasteiger partial charge in [-0.3, -0.25) is 0 Å². The van der Waals surface area contributed by atoms with Crippen LogP contribution in [0.3, 0.4) is 0 Å². The van der Waals surface area contributed by atoms with Gasteiger partial charge in [-0.15, -0.1) is 10.2 Å². The lowest BCUT2D eigenvalue weighted by molar-refractivity contribution is 0.387. The number of hydrogen-bond acceptors (Lipinski definition) is 3. The van der Waals surface area contributed by atoms with Crippen LogP contribution in [0.1, 0.15) is 50.8 Å². The van der Waals surface area contributed by atoms with Crippen molar-refractivity contribution >= 4 is 0 Å². The summed E-state index contributed by atoms with van der Waals surface area (Å²) in [5.41, 5.74) is 0. The maximum Gasteiger partial charge on any atom is 0.150 e. The van der Waals surface area contributed by atoms with Gasteiger partial charge in [-0.25, -0.2) is 0 Å². The molecule has 15 heavy (non-hydrogen) atoms. The van der Waals surface area contributed by atoms with Crippen molar-refractivity contribution in [2.75, 3.05) is 6.54 Å². The lowest BCUT2D eigenvalue weighted by atomic mass is 10.1. The van der Waals surface area contributed by atoms with Gasteiger partial charge in [0.2, 0.25) is 0 Å². The van der Waals surface area contributed by atoms with E-state index in [0.29, 0.717) is 6.04 Å². The van der Waals surface area contributed by atoms with Crippen molar-refractivity contribution in [2.45, 2.75) is 52.1 Å². The molecule has 1 N–H and O–H groups in total. The summed E-state index contributed by atoms with van der Waals surface area (Å²) >= 11 is 0. The molecule has 0 spiro atoms. The van der Waals surface area contributed by atoms with E-state index in [-0.39, 0.29) is 0 Å². The average Bonchev–Trinajstić information content (AvgIpc) is 2.64. The fraction of sp³-hybridized carbons (Fsp3) is 0.818. The minimum absolute atomic E-state index is 0.418. The Balaban J connectivity index is 2.21. The van der Waals surface area contributed by atoms with Crippen LogP contribution in [0.15, 0.2) is 0 Å². The first-order valence-electron chi connectivity index (χ1n) is 6.02. The van der Waals surface area contributed by atoms with Crippen molar-refractivity contribution in [3.8, 4) is 0 Å². The number of fused-ring (bicyclic) bond motifs is 1. The molecule has 0 radical (unpaired) electrons. The second kappa shape index (κ2) is 4.75. The smallest absolute Gasteiger partial charge is 0.150 e. The normalized spacial score (nSPS) is 20.3. The predicted molar refractivity (Wildman–Crippen MR) is 59.7 cm³/mol. The van der Waals surface area contributed by atoms with E-state index in [4.69, 9.17) is 0 Å². The Morgan fingerprint density at radius 2 is 2.20 bits per heavy atom. The van der Waals surface area contributed by atoms with Gasteiger partial charge in [0.25, 0.3) is 0 Å². The van der Waals surface area contributed by atoms with Crippen LogP contribution in [0, 0.1) is 0 Å². The number of nitrogens with zero attached hydrogens (tertiary/aromatic N) is 3. The molecule has 2 rings (SSSR count). The van der Waals surface area contributed by atoms with Gasteiger partial charge in [0, 0.05) is 19.5 Å². The van der Waals surface area contributed by atoms with Crippen LogP contribution < -0.4 is 5.32 Å². The maximum absolute atomic E-state index is 4.33. The Morgan fingerprint density at radius 3 is 2.93 bits per heavy atom. The summed E-state index contributed by atoms with van der Waals surface area (Å²) in [4.78, 5) is 0. The van der Waals surface area contributed by atoms with Crippen LogP contribution >= 0.6 is 0 Å². The summed E-state index contributed by atoms with van der Waals surface area (Å²) < 4.78 is 2.31. The molecule has 0 fully saturated rings. The zero-order chi connectivity index (χ0) is 10.7. The van der Waals surface area contributed by atoms with Crippen LogP contribution in [0.5, 0.6) is 0 Å². The van der Waals surface area contributed by atoms with E-state index < -0.39 is 0 Å². The van der Waals surface area contributed by atoms with E-state index in [1.165, 1.54) is 6.42 Å². The Bertz CT molecular complexity index is 318. The minimum atomic E-state index is 0.418. The molecule has 4 heteroatoms. The first kappa shape index (κ1) is 10.6. The highest BCUT2D eigenvalue weighted by atomic mass is 15.3. The first-order chi connectivity index (χ1) is 7.36. The summed E-state index contributed by atoms with van der Waals surface area (Å²) in [6.45, 7) is 6.47. The average molecular weight is 208 g/mol. The van der Waals surface area contributed by atoms with Crippen LogP contribution in [0.4, 0.5) is 0 Å². The number of nitrogens with one attached hydrogen (secondary N) is 1. The molecule has 1 aliphatic heterocycles. The molecule has 4 nitrogen and oxygen atoms in total. The molecule has 84 valence electrons. The van der Waals surface area contributed by atoms with E-state index in [1.54, 1.807) is 0 Å². The van der Waals surface area contributed by atoms with E-state index in [1.807, 2.05) is 0 Å². The molecule has 0 aliphatic carbocycles. The van der Waals surface area contributed by atoms with Gasteiger partial charge in [0.15, 0.2) is 0 Å². The lowest BCUT2D eigenvalue weighted by Gasteiger charge is -2.24. The lowest BCUT2D eigenvalue weighted by Crippen LogP contribution is -2.34. The van der Waals surface area contributed by atoms with Crippen LogP contribution in [-0.2, 0) is 13.0 Å². The van der Waals surface area contributed by atoms with E-state index in [2.05, 4.69) is 33.9 Å². The van der Waals surface area contributed by atoms with Gasteiger partial charge < -0.3 is 9.88 Å². The number of hydrogen-bond donors (Lipinski definition) is 1. The molecule has 0 bridgehead atoms. The maximum atomic E-state index is 4.33.